The maximum atomic E-state index is 5.80. The van der Waals surface area contributed by atoms with Gasteiger partial charge in [-0.05, 0) is 31.0 Å². The molecule has 2 rings (SSSR count). The minimum Gasteiger partial charge on any atom is -0.376 e. The van der Waals surface area contributed by atoms with Crippen molar-refractivity contribution in [2.45, 2.75) is 31.9 Å². The van der Waals surface area contributed by atoms with Crippen molar-refractivity contribution in [3.8, 4) is 0 Å². The zero-order valence-electron chi connectivity index (χ0n) is 11.0. The molecule has 1 aromatic rings. The van der Waals surface area contributed by atoms with Gasteiger partial charge < -0.3 is 14.8 Å². The first kappa shape index (κ1) is 13.5. The van der Waals surface area contributed by atoms with Gasteiger partial charge in [-0.25, -0.2) is 0 Å². The van der Waals surface area contributed by atoms with E-state index in [1.165, 1.54) is 5.56 Å². The number of hydrogen-bond donors (Lipinski definition) is 1. The fourth-order valence-corrected chi connectivity index (χ4v) is 2.18. The molecule has 1 aliphatic rings. The molecule has 1 aromatic heterocycles. The second-order valence-electron chi connectivity index (χ2n) is 4.61. The van der Waals surface area contributed by atoms with Gasteiger partial charge in [0.1, 0.15) is 0 Å². The summed E-state index contributed by atoms with van der Waals surface area (Å²) in [5.41, 5.74) is 1.24. The Kier molecular flexibility index (Phi) is 5.58. The van der Waals surface area contributed by atoms with E-state index in [0.29, 0.717) is 25.9 Å². The largest absolute Gasteiger partial charge is 0.376 e. The van der Waals surface area contributed by atoms with Gasteiger partial charge in [0, 0.05) is 18.4 Å². The van der Waals surface area contributed by atoms with Crippen LogP contribution in [0, 0.1) is 0 Å². The lowest BCUT2D eigenvalue weighted by Gasteiger charge is -2.31. The molecular formula is C14H22N2O2. The monoisotopic (exact) mass is 250 g/mol. The van der Waals surface area contributed by atoms with Gasteiger partial charge in [0.15, 0.2) is 0 Å². The molecule has 18 heavy (non-hydrogen) atoms. The summed E-state index contributed by atoms with van der Waals surface area (Å²) < 4.78 is 11.3. The van der Waals surface area contributed by atoms with Crippen LogP contribution in [0.4, 0.5) is 0 Å². The number of ether oxygens (including phenoxy) is 2. The summed E-state index contributed by atoms with van der Waals surface area (Å²) >= 11 is 0. The van der Waals surface area contributed by atoms with Crippen LogP contribution in [-0.2, 0) is 15.9 Å². The van der Waals surface area contributed by atoms with E-state index in [1.54, 1.807) is 6.20 Å². The highest BCUT2D eigenvalue weighted by Gasteiger charge is 2.24. The molecule has 0 aromatic carbocycles. The van der Waals surface area contributed by atoms with E-state index in [1.807, 2.05) is 12.3 Å². The number of nitrogens with one attached hydrogen (secondary N) is 1. The van der Waals surface area contributed by atoms with E-state index in [0.717, 1.165) is 19.4 Å². The first-order valence-corrected chi connectivity index (χ1v) is 6.71. The average molecular weight is 250 g/mol. The zero-order valence-corrected chi connectivity index (χ0v) is 11.0. The predicted octanol–water partition coefficient (Wildman–Crippen LogP) is 1.41. The van der Waals surface area contributed by atoms with Gasteiger partial charge >= 0.3 is 0 Å². The molecule has 1 saturated heterocycles. The highest BCUT2D eigenvalue weighted by atomic mass is 16.6. The van der Waals surface area contributed by atoms with Crippen molar-refractivity contribution < 1.29 is 9.47 Å². The van der Waals surface area contributed by atoms with Crippen molar-refractivity contribution in [1.82, 2.24) is 10.3 Å². The van der Waals surface area contributed by atoms with Crippen molar-refractivity contribution in [1.29, 1.82) is 0 Å². The third kappa shape index (κ3) is 4.05. The molecule has 2 atom stereocenters. The SMILES string of the molecule is CCCNC(Cc1cccnc1)C1COCCO1. The van der Waals surface area contributed by atoms with Gasteiger partial charge in [-0.3, -0.25) is 4.98 Å². The molecule has 2 unspecified atom stereocenters. The number of pyridine rings is 1. The maximum absolute atomic E-state index is 5.80. The first-order chi connectivity index (χ1) is 8.90. The molecule has 0 aliphatic carbocycles. The smallest absolute Gasteiger partial charge is 0.0965 e. The van der Waals surface area contributed by atoms with E-state index in [-0.39, 0.29) is 6.10 Å². The lowest BCUT2D eigenvalue weighted by Crippen LogP contribution is -2.48. The Morgan fingerprint density at radius 2 is 2.44 bits per heavy atom. The molecule has 2 heterocycles. The lowest BCUT2D eigenvalue weighted by molar-refractivity contribution is -0.101. The molecule has 0 spiro atoms. The summed E-state index contributed by atoms with van der Waals surface area (Å²) in [5.74, 6) is 0. The molecular weight excluding hydrogens is 228 g/mol. The van der Waals surface area contributed by atoms with Crippen LogP contribution in [0.15, 0.2) is 24.5 Å². The fourth-order valence-electron chi connectivity index (χ4n) is 2.18. The Balaban J connectivity index is 1.95. The molecule has 0 bridgehead atoms. The summed E-state index contributed by atoms with van der Waals surface area (Å²) in [6.07, 6.45) is 5.92. The van der Waals surface area contributed by atoms with Crippen LogP contribution in [0.5, 0.6) is 0 Å². The minimum atomic E-state index is 0.144. The molecule has 0 amide bonds. The van der Waals surface area contributed by atoms with Gasteiger partial charge in [0.05, 0.1) is 25.9 Å². The first-order valence-electron chi connectivity index (χ1n) is 6.71. The standard InChI is InChI=1S/C14H22N2O2/c1-2-5-16-13(14-11-17-7-8-18-14)9-12-4-3-6-15-10-12/h3-4,6,10,13-14,16H,2,5,7-9,11H2,1H3. The molecule has 0 saturated carbocycles. The average Bonchev–Trinajstić information content (AvgIpc) is 2.45. The highest BCUT2D eigenvalue weighted by Crippen LogP contribution is 2.11. The summed E-state index contributed by atoms with van der Waals surface area (Å²) in [6, 6.07) is 4.39. The molecule has 100 valence electrons. The van der Waals surface area contributed by atoms with Crippen LogP contribution in [0.3, 0.4) is 0 Å². The number of aromatic nitrogens is 1. The Labute approximate surface area is 109 Å². The molecule has 4 nitrogen and oxygen atoms in total. The lowest BCUT2D eigenvalue weighted by atomic mass is 10.0. The number of nitrogens with zero attached hydrogens (tertiary/aromatic N) is 1. The van der Waals surface area contributed by atoms with Crippen LogP contribution in [0.2, 0.25) is 0 Å². The normalized spacial score (nSPS) is 21.7. The van der Waals surface area contributed by atoms with Crippen LogP contribution in [-0.4, -0.2) is 43.5 Å². The predicted molar refractivity (Wildman–Crippen MR) is 70.6 cm³/mol. The van der Waals surface area contributed by atoms with Crippen LogP contribution >= 0.6 is 0 Å². The second kappa shape index (κ2) is 7.46. The van der Waals surface area contributed by atoms with Crippen molar-refractivity contribution in [2.75, 3.05) is 26.4 Å². The summed E-state index contributed by atoms with van der Waals surface area (Å²) in [6.45, 7) is 5.27. The number of hydrogen-bond acceptors (Lipinski definition) is 4. The maximum Gasteiger partial charge on any atom is 0.0965 e. The van der Waals surface area contributed by atoms with Crippen molar-refractivity contribution in [3.63, 3.8) is 0 Å². The van der Waals surface area contributed by atoms with Gasteiger partial charge in [0.25, 0.3) is 0 Å². The van der Waals surface area contributed by atoms with Gasteiger partial charge in [-0.1, -0.05) is 13.0 Å². The van der Waals surface area contributed by atoms with Crippen LogP contribution < -0.4 is 5.32 Å². The third-order valence-corrected chi connectivity index (χ3v) is 3.13. The highest BCUT2D eigenvalue weighted by molar-refractivity contribution is 5.11. The van der Waals surface area contributed by atoms with Gasteiger partial charge in [-0.15, -0.1) is 0 Å². The van der Waals surface area contributed by atoms with Gasteiger partial charge in [0.2, 0.25) is 0 Å². The van der Waals surface area contributed by atoms with Gasteiger partial charge in [-0.2, -0.15) is 0 Å². The summed E-state index contributed by atoms with van der Waals surface area (Å²) in [5, 5.41) is 3.55. The van der Waals surface area contributed by atoms with E-state index < -0.39 is 0 Å². The third-order valence-electron chi connectivity index (χ3n) is 3.13. The zero-order chi connectivity index (χ0) is 12.6. The molecule has 1 aliphatic heterocycles. The van der Waals surface area contributed by atoms with E-state index in [4.69, 9.17) is 9.47 Å². The second-order valence-corrected chi connectivity index (χ2v) is 4.61. The summed E-state index contributed by atoms with van der Waals surface area (Å²) in [7, 11) is 0. The molecule has 4 heteroatoms. The van der Waals surface area contributed by atoms with Crippen molar-refractivity contribution in [3.05, 3.63) is 30.1 Å². The fraction of sp³-hybridized carbons (Fsp3) is 0.643. The summed E-state index contributed by atoms with van der Waals surface area (Å²) in [4.78, 5) is 4.16. The molecule has 1 fully saturated rings. The Bertz CT molecular complexity index is 326. The van der Waals surface area contributed by atoms with E-state index >= 15 is 0 Å². The Morgan fingerprint density at radius 1 is 1.50 bits per heavy atom. The van der Waals surface area contributed by atoms with Crippen molar-refractivity contribution >= 4 is 0 Å². The van der Waals surface area contributed by atoms with E-state index in [2.05, 4.69) is 23.3 Å². The Morgan fingerprint density at radius 3 is 3.11 bits per heavy atom. The minimum absolute atomic E-state index is 0.144. The topological polar surface area (TPSA) is 43.4 Å². The van der Waals surface area contributed by atoms with Crippen molar-refractivity contribution in [2.24, 2.45) is 0 Å². The molecule has 0 radical (unpaired) electrons. The Hall–Kier alpha value is -0.970. The van der Waals surface area contributed by atoms with Crippen LogP contribution in [0.1, 0.15) is 18.9 Å². The van der Waals surface area contributed by atoms with E-state index in [9.17, 15) is 0 Å². The van der Waals surface area contributed by atoms with Crippen LogP contribution in [0.25, 0.3) is 0 Å². The quantitative estimate of drug-likeness (QED) is 0.829. The molecule has 1 N–H and O–H groups in total. The number of rotatable bonds is 6.